The predicted octanol–water partition coefficient (Wildman–Crippen LogP) is 4.31. The third-order valence-corrected chi connectivity index (χ3v) is 6.01. The molecule has 1 fully saturated rings. The van der Waals surface area contributed by atoms with Crippen molar-refractivity contribution in [2.75, 3.05) is 57.9 Å². The molecule has 0 saturated carbocycles. The van der Waals surface area contributed by atoms with Gasteiger partial charge in [-0.1, -0.05) is 22.0 Å². The number of aliphatic hydroxyl groups excluding tert-OH is 1. The summed E-state index contributed by atoms with van der Waals surface area (Å²) in [6.45, 7) is 8.65. The number of halogens is 4. The summed E-state index contributed by atoms with van der Waals surface area (Å²) in [4.78, 5) is 25.8. The van der Waals surface area contributed by atoms with E-state index in [1.165, 1.54) is 0 Å². The number of aryl methyl sites for hydroxylation is 2. The van der Waals surface area contributed by atoms with Crippen molar-refractivity contribution in [2.45, 2.75) is 26.1 Å². The minimum atomic E-state index is -5.08. The van der Waals surface area contributed by atoms with Gasteiger partial charge in [0, 0.05) is 36.3 Å². The summed E-state index contributed by atoms with van der Waals surface area (Å²) >= 11 is 3.40. The molecule has 2 amide bonds. The number of urea groups is 1. The zero-order valence-corrected chi connectivity index (χ0v) is 23.3. The topological polar surface area (TPSA) is 112 Å². The van der Waals surface area contributed by atoms with Crippen molar-refractivity contribution in [3.63, 3.8) is 0 Å². The lowest BCUT2D eigenvalue weighted by molar-refractivity contribution is -0.192. The molecule has 0 radical (unpaired) electrons. The lowest BCUT2D eigenvalue weighted by Gasteiger charge is -2.31. The highest BCUT2D eigenvalue weighted by molar-refractivity contribution is 9.10. The van der Waals surface area contributed by atoms with Gasteiger partial charge in [-0.2, -0.15) is 13.2 Å². The van der Waals surface area contributed by atoms with Crippen LogP contribution in [0.25, 0.3) is 0 Å². The van der Waals surface area contributed by atoms with Crippen LogP contribution in [-0.4, -0.2) is 96.8 Å². The van der Waals surface area contributed by atoms with E-state index in [-0.39, 0.29) is 19.2 Å². The molecule has 0 bridgehead atoms. The molecule has 1 saturated heterocycles. The Kier molecular flexibility index (Phi) is 13.0. The van der Waals surface area contributed by atoms with Gasteiger partial charge in [-0.25, -0.2) is 9.59 Å². The molecule has 9 nitrogen and oxygen atoms in total. The molecule has 216 valence electrons. The van der Waals surface area contributed by atoms with Gasteiger partial charge in [0.2, 0.25) is 0 Å². The number of ether oxygens (including phenoxy) is 2. The van der Waals surface area contributed by atoms with E-state index < -0.39 is 18.2 Å². The smallest absolute Gasteiger partial charge is 0.490 e. The quantitative estimate of drug-likeness (QED) is 0.384. The molecule has 1 heterocycles. The van der Waals surface area contributed by atoms with Crippen LogP contribution >= 0.6 is 15.9 Å². The highest BCUT2D eigenvalue weighted by Crippen LogP contribution is 2.17. The summed E-state index contributed by atoms with van der Waals surface area (Å²) in [5.41, 5.74) is 2.92. The summed E-state index contributed by atoms with van der Waals surface area (Å²) in [5.74, 6) is -2.03. The van der Waals surface area contributed by atoms with Crippen LogP contribution in [0.4, 0.5) is 23.7 Å². The highest BCUT2D eigenvalue weighted by atomic mass is 79.9. The number of nitrogens with zero attached hydrogens (tertiary/aromatic N) is 2. The number of carboxylic acid groups (broad SMARTS) is 1. The van der Waals surface area contributed by atoms with Crippen LogP contribution in [0.5, 0.6) is 5.75 Å². The average molecular weight is 620 g/mol. The molecule has 1 unspecified atom stereocenters. The number of carbonyl (C=O) groups excluding carboxylic acids is 1. The summed E-state index contributed by atoms with van der Waals surface area (Å²) in [6.07, 6.45) is -5.89. The number of carbonyl (C=O) groups is 2. The van der Waals surface area contributed by atoms with Gasteiger partial charge in [-0.15, -0.1) is 0 Å². The summed E-state index contributed by atoms with van der Waals surface area (Å²) in [5, 5.41) is 20.7. The second-order valence-electron chi connectivity index (χ2n) is 8.93. The van der Waals surface area contributed by atoms with Gasteiger partial charge >= 0.3 is 18.2 Å². The first-order valence-electron chi connectivity index (χ1n) is 12.1. The van der Waals surface area contributed by atoms with E-state index in [4.69, 9.17) is 19.4 Å². The molecule has 39 heavy (non-hydrogen) atoms. The van der Waals surface area contributed by atoms with Gasteiger partial charge in [0.1, 0.15) is 18.5 Å². The molecule has 2 aromatic rings. The van der Waals surface area contributed by atoms with Crippen molar-refractivity contribution in [2.24, 2.45) is 0 Å². The normalized spacial score (nSPS) is 14.5. The lowest BCUT2D eigenvalue weighted by atomic mass is 10.1. The highest BCUT2D eigenvalue weighted by Gasteiger charge is 2.38. The molecule has 0 aromatic heterocycles. The molecular weight excluding hydrogens is 587 g/mol. The van der Waals surface area contributed by atoms with E-state index in [1.807, 2.05) is 50.2 Å². The fourth-order valence-corrected chi connectivity index (χ4v) is 3.88. The molecule has 0 spiro atoms. The number of aliphatic hydroxyl groups is 1. The molecule has 13 heteroatoms. The summed E-state index contributed by atoms with van der Waals surface area (Å²) in [7, 11) is 0. The number of alkyl halides is 3. The Labute approximate surface area is 233 Å². The zero-order chi connectivity index (χ0) is 29.0. The second-order valence-corrected chi connectivity index (χ2v) is 9.84. The number of aliphatic carboxylic acids is 1. The number of nitrogens with one attached hydrogen (secondary N) is 1. The predicted molar refractivity (Wildman–Crippen MR) is 143 cm³/mol. The number of benzene rings is 2. The summed E-state index contributed by atoms with van der Waals surface area (Å²) in [6, 6.07) is 13.1. The number of carboxylic acids is 1. The van der Waals surface area contributed by atoms with E-state index in [0.717, 1.165) is 41.0 Å². The van der Waals surface area contributed by atoms with Crippen LogP contribution in [0.1, 0.15) is 11.1 Å². The fourth-order valence-electron chi connectivity index (χ4n) is 3.61. The third kappa shape index (κ3) is 12.7. The molecule has 1 atom stereocenters. The van der Waals surface area contributed by atoms with Crippen LogP contribution in [0.15, 0.2) is 46.9 Å². The Balaban J connectivity index is 0.000000673. The van der Waals surface area contributed by atoms with E-state index in [9.17, 15) is 23.1 Å². The molecule has 2 aromatic carbocycles. The maximum Gasteiger partial charge on any atom is 0.490 e. The fraction of sp³-hybridized carbons (Fsp3) is 0.462. The maximum absolute atomic E-state index is 13.0. The molecule has 1 aliphatic rings. The second kappa shape index (κ2) is 15.7. The van der Waals surface area contributed by atoms with Crippen molar-refractivity contribution in [1.29, 1.82) is 0 Å². The third-order valence-electron chi connectivity index (χ3n) is 5.48. The number of morpholine rings is 1. The molecular formula is C26H33BrF3N3O6. The van der Waals surface area contributed by atoms with Crippen molar-refractivity contribution in [3.05, 3.63) is 58.1 Å². The Bertz CT molecular complexity index is 1050. The lowest BCUT2D eigenvalue weighted by Crippen LogP contribution is -2.47. The van der Waals surface area contributed by atoms with Gasteiger partial charge in [-0.05, 0) is 61.4 Å². The van der Waals surface area contributed by atoms with Crippen LogP contribution < -0.4 is 10.1 Å². The average Bonchev–Trinajstić information content (AvgIpc) is 2.86. The Morgan fingerprint density at radius 3 is 2.23 bits per heavy atom. The first-order chi connectivity index (χ1) is 18.3. The number of rotatable bonds is 9. The van der Waals surface area contributed by atoms with Crippen molar-refractivity contribution in [3.8, 4) is 5.75 Å². The number of anilines is 1. The molecule has 0 aliphatic carbocycles. The minimum absolute atomic E-state index is 0.114. The van der Waals surface area contributed by atoms with Gasteiger partial charge in [0.25, 0.3) is 0 Å². The maximum atomic E-state index is 13.0. The van der Waals surface area contributed by atoms with Gasteiger partial charge in [-0.3, -0.25) is 4.90 Å². The van der Waals surface area contributed by atoms with Gasteiger partial charge in [0.05, 0.1) is 19.8 Å². The Hall–Kier alpha value is -2.87. The van der Waals surface area contributed by atoms with Crippen LogP contribution in [-0.2, 0) is 9.53 Å². The number of hydrogen-bond donors (Lipinski definition) is 3. The number of hydrogen-bond acceptors (Lipinski definition) is 6. The monoisotopic (exact) mass is 619 g/mol. The van der Waals surface area contributed by atoms with Gasteiger partial charge < -0.3 is 29.9 Å². The van der Waals surface area contributed by atoms with Crippen molar-refractivity contribution < 1.29 is 42.4 Å². The van der Waals surface area contributed by atoms with Crippen LogP contribution in [0.3, 0.4) is 0 Å². The summed E-state index contributed by atoms with van der Waals surface area (Å²) < 4.78 is 43.9. The van der Waals surface area contributed by atoms with E-state index in [0.29, 0.717) is 25.4 Å². The van der Waals surface area contributed by atoms with Crippen LogP contribution in [0.2, 0.25) is 0 Å². The van der Waals surface area contributed by atoms with E-state index in [2.05, 4.69) is 32.2 Å². The number of amides is 2. The largest absolute Gasteiger partial charge is 0.491 e. The Morgan fingerprint density at radius 1 is 1.13 bits per heavy atom. The SMILES string of the molecule is Cc1cc(C)cc(OCC(O)CN(CCN2CCOCC2)C(=O)Nc2ccc(Br)cc2)c1.O=C(O)C(F)(F)F. The molecule has 3 N–H and O–H groups in total. The van der Waals surface area contributed by atoms with E-state index >= 15 is 0 Å². The minimum Gasteiger partial charge on any atom is -0.491 e. The van der Waals surface area contributed by atoms with E-state index in [1.54, 1.807) is 4.90 Å². The van der Waals surface area contributed by atoms with Crippen LogP contribution in [0, 0.1) is 13.8 Å². The molecule has 3 rings (SSSR count). The zero-order valence-electron chi connectivity index (χ0n) is 21.7. The van der Waals surface area contributed by atoms with Gasteiger partial charge in [0.15, 0.2) is 0 Å². The first-order valence-corrected chi connectivity index (χ1v) is 12.9. The van der Waals surface area contributed by atoms with Crippen molar-refractivity contribution >= 4 is 33.6 Å². The Morgan fingerprint density at radius 2 is 1.69 bits per heavy atom. The first kappa shape index (κ1) is 32.3. The standard InChI is InChI=1S/C24H32BrN3O4.C2HF3O2/c1-18-13-19(2)15-23(14-18)32-17-22(29)16-28(8-7-27-9-11-31-12-10-27)24(30)26-21-5-3-20(25)4-6-21;3-2(4,5)1(6)7/h3-6,13-15,22,29H,7-12,16-17H2,1-2H3,(H,26,30);(H,6,7). The van der Waals surface area contributed by atoms with Crippen molar-refractivity contribution in [1.82, 2.24) is 9.80 Å². The molecule has 1 aliphatic heterocycles.